The Labute approximate surface area is 420 Å². The molecule has 0 saturated carbocycles. The summed E-state index contributed by atoms with van der Waals surface area (Å²) in [4.78, 5) is 29.2. The highest BCUT2D eigenvalue weighted by Gasteiger charge is 2.53. The van der Waals surface area contributed by atoms with Gasteiger partial charge in [-0.25, -0.2) is 4.68 Å². The first-order chi connectivity index (χ1) is 33.2. The molecule has 1 aromatic carbocycles. The Balaban J connectivity index is 1.43. The predicted octanol–water partition coefficient (Wildman–Crippen LogP) is 4.21. The summed E-state index contributed by atoms with van der Waals surface area (Å²) in [6.07, 6.45) is -5.39. The molecule has 19 atom stereocenters. The molecule has 1 aromatic heterocycles. The third kappa shape index (κ3) is 13.9. The van der Waals surface area contributed by atoms with Crippen molar-refractivity contribution >= 4 is 11.7 Å². The number of esters is 1. The number of aromatic nitrogens is 3. The zero-order valence-electron chi connectivity index (χ0n) is 44.6. The van der Waals surface area contributed by atoms with Crippen LogP contribution in [0.25, 0.3) is 0 Å². The van der Waals surface area contributed by atoms with Crippen molar-refractivity contribution in [2.45, 2.75) is 217 Å². The van der Waals surface area contributed by atoms with Gasteiger partial charge in [0, 0.05) is 69.4 Å². The van der Waals surface area contributed by atoms with E-state index in [0.717, 1.165) is 17.7 Å². The van der Waals surface area contributed by atoms with Gasteiger partial charge in [-0.3, -0.25) is 14.9 Å². The number of aliphatic hydroxyl groups excluding tert-OH is 3. The van der Waals surface area contributed by atoms with Crippen LogP contribution in [0.1, 0.15) is 126 Å². The number of carbonyl (C=O) groups excluding carboxylic acids is 1. The molecule has 5 rings (SSSR count). The third-order valence-corrected chi connectivity index (χ3v) is 15.9. The summed E-state index contributed by atoms with van der Waals surface area (Å²) in [5, 5.41) is 79.8. The van der Waals surface area contributed by atoms with Crippen LogP contribution in [0.4, 0.5) is 5.69 Å². The van der Waals surface area contributed by atoms with Crippen LogP contribution >= 0.6 is 0 Å². The first-order valence-electron chi connectivity index (χ1n) is 25.6. The Kier molecular flexibility index (Phi) is 20.2. The smallest absolute Gasteiger partial charge is 0.311 e. The number of hydrogen-bond donors (Lipinski definition) is 5. The van der Waals surface area contributed by atoms with E-state index in [1.165, 1.54) is 26.2 Å². The van der Waals surface area contributed by atoms with Crippen molar-refractivity contribution in [1.82, 2.24) is 24.8 Å². The lowest BCUT2D eigenvalue weighted by Crippen LogP contribution is -2.61. The highest BCUT2D eigenvalue weighted by Crippen LogP contribution is 2.40. The van der Waals surface area contributed by atoms with Crippen LogP contribution in [-0.4, -0.2) is 186 Å². The maximum absolute atomic E-state index is 14.5. The molecular weight excluding hydrogens is 921 g/mol. The van der Waals surface area contributed by atoms with Crippen molar-refractivity contribution in [2.24, 2.45) is 17.8 Å². The van der Waals surface area contributed by atoms with Crippen molar-refractivity contribution in [3.8, 4) is 0 Å². The van der Waals surface area contributed by atoms with Crippen molar-refractivity contribution in [1.29, 1.82) is 0 Å². The maximum Gasteiger partial charge on any atom is 0.311 e. The van der Waals surface area contributed by atoms with E-state index in [4.69, 9.17) is 28.4 Å². The second-order valence-corrected chi connectivity index (χ2v) is 21.8. The maximum atomic E-state index is 14.5. The number of hydrogen-bond acceptors (Lipinski definition) is 18. The molecule has 3 fully saturated rings. The van der Waals surface area contributed by atoms with Crippen LogP contribution in [-0.2, 0) is 46.1 Å². The van der Waals surface area contributed by atoms with Crippen LogP contribution in [0.3, 0.4) is 0 Å². The predicted molar refractivity (Wildman–Crippen MR) is 263 cm³/mol. The Morgan fingerprint density at radius 1 is 0.986 bits per heavy atom. The summed E-state index contributed by atoms with van der Waals surface area (Å²) in [6.45, 7) is 20.5. The van der Waals surface area contributed by atoms with Gasteiger partial charge in [-0.15, -0.1) is 5.10 Å². The van der Waals surface area contributed by atoms with Gasteiger partial charge in [-0.1, -0.05) is 45.0 Å². The van der Waals surface area contributed by atoms with Gasteiger partial charge in [0.2, 0.25) is 0 Å². The lowest BCUT2D eigenvalue weighted by Gasteiger charge is -2.49. The molecule has 0 aliphatic carbocycles. The molecule has 20 nitrogen and oxygen atoms in total. The monoisotopic (exact) mass is 1010 g/mol. The van der Waals surface area contributed by atoms with Gasteiger partial charge in [0.1, 0.15) is 30.0 Å². The average molecular weight is 1010 g/mol. The zero-order chi connectivity index (χ0) is 52.9. The number of aliphatic hydroxyl groups is 5. The summed E-state index contributed by atoms with van der Waals surface area (Å²) in [7, 11) is 5.25. The minimum absolute atomic E-state index is 0.0128. The molecule has 71 heavy (non-hydrogen) atoms. The molecular formula is C51H86N6O14. The highest BCUT2D eigenvalue weighted by molar-refractivity contribution is 5.73. The van der Waals surface area contributed by atoms with E-state index in [0.29, 0.717) is 32.4 Å². The SMILES string of the molecule is CC[C@H](Cc1ccc([N+](=O)[O-])cc1)n1cc(CCN(C)[C@H]2C[C@@H](C)O[C@@H](O[C@@H]3[C@@H](C)[C@H](O[C@H]4C[C@@](C)(OC)[C@@H](O)[C@H](C)O4)[C@@H](C)C(=O)O[C@H](CC)[C@@](C)(O)[C@H](O)[C@@H](C)N(C)C[C@H](C)C[C@@]3(C)O)[C@@H]2O)nn1. The quantitative estimate of drug-likeness (QED) is 0.0952. The fraction of sp³-hybridized carbons (Fsp3) is 0.824. The number of nitro groups is 1. The number of cyclic esters (lactones) is 1. The van der Waals surface area contributed by atoms with E-state index in [2.05, 4.69) is 17.2 Å². The number of nitrogens with zero attached hydrogens (tertiary/aromatic N) is 6. The number of ether oxygens (including phenoxy) is 6. The number of likely N-dealkylation sites (N-methyl/N-ethyl adjacent to an activating group) is 2. The standard InChI is InChI=1S/C51H86N6O14/c1-15-37(24-35-17-19-38(20-18-35)57(64)65)56-28-36(52-53-56)21-22-54(12)39-23-30(4)67-48(42(39)58)71-46-31(5)43(70-41-26-50(10,66-14)45(60)34(8)68-41)32(6)47(61)69-40(16-2)51(11,63)44(59)33(7)55(13)27-29(3)25-49(46,9)62/h17-20,28-34,37,39-46,48,58-60,62-63H,15-16,21-27H2,1-14H3/t29-,30-,31+,32-,33-,34+,37-,39+,40-,41+,42-,43+,44-,45+,46-,48+,49-,50-,51-/m1/s1. The lowest BCUT2D eigenvalue weighted by atomic mass is 9.77. The van der Waals surface area contributed by atoms with Gasteiger partial charge in [-0.2, -0.15) is 0 Å². The number of benzene rings is 1. The van der Waals surface area contributed by atoms with Gasteiger partial charge < -0.3 is 63.8 Å². The third-order valence-electron chi connectivity index (χ3n) is 15.9. The second-order valence-electron chi connectivity index (χ2n) is 21.8. The molecule has 4 heterocycles. The van der Waals surface area contributed by atoms with Crippen molar-refractivity contribution in [2.75, 3.05) is 34.3 Å². The fourth-order valence-corrected chi connectivity index (χ4v) is 11.2. The minimum atomic E-state index is -1.84. The minimum Gasteiger partial charge on any atom is -0.459 e. The Hall–Kier alpha value is -3.25. The Morgan fingerprint density at radius 2 is 1.65 bits per heavy atom. The molecule has 2 aromatic rings. The topological polar surface area (TPSA) is 254 Å². The van der Waals surface area contributed by atoms with Crippen LogP contribution in [0.15, 0.2) is 30.5 Å². The average Bonchev–Trinajstić information content (AvgIpc) is 3.79. The van der Waals surface area contributed by atoms with Crippen molar-refractivity contribution in [3.63, 3.8) is 0 Å². The Morgan fingerprint density at radius 3 is 2.25 bits per heavy atom. The normalized spacial score (nSPS) is 39.9. The summed E-state index contributed by atoms with van der Waals surface area (Å²) in [5.74, 6) is -2.82. The first-order valence-corrected chi connectivity index (χ1v) is 25.6. The van der Waals surface area contributed by atoms with E-state index in [-0.39, 0.29) is 43.0 Å². The highest BCUT2D eigenvalue weighted by atomic mass is 16.7. The number of non-ortho nitro benzene ring substituents is 1. The molecule has 0 amide bonds. The van der Waals surface area contributed by atoms with Gasteiger partial charge >= 0.3 is 5.97 Å². The number of carbonyl (C=O) groups is 1. The second kappa shape index (κ2) is 24.4. The molecule has 0 unspecified atom stereocenters. The molecule has 20 heteroatoms. The van der Waals surface area contributed by atoms with Gasteiger partial charge in [0.05, 0.1) is 58.2 Å². The molecule has 5 N–H and O–H groups in total. The number of nitro benzene ring substituents is 1. The molecule has 3 saturated heterocycles. The molecule has 3 aliphatic heterocycles. The van der Waals surface area contributed by atoms with E-state index in [9.17, 15) is 40.4 Å². The molecule has 0 bridgehead atoms. The Bertz CT molecular complexity index is 2010. The van der Waals surface area contributed by atoms with E-state index in [1.54, 1.807) is 53.7 Å². The zero-order valence-corrected chi connectivity index (χ0v) is 44.6. The van der Waals surface area contributed by atoms with Crippen molar-refractivity contribution in [3.05, 3.63) is 51.8 Å². The number of methoxy groups -OCH3 is 1. The van der Waals surface area contributed by atoms with E-state index >= 15 is 0 Å². The first kappa shape index (κ1) is 58.6. The van der Waals surface area contributed by atoms with Crippen LogP contribution in [0.2, 0.25) is 0 Å². The largest absolute Gasteiger partial charge is 0.459 e. The van der Waals surface area contributed by atoms with E-state index < -0.39 is 107 Å². The van der Waals surface area contributed by atoms with E-state index in [1.807, 2.05) is 55.5 Å². The summed E-state index contributed by atoms with van der Waals surface area (Å²) >= 11 is 0. The molecule has 3 aliphatic rings. The van der Waals surface area contributed by atoms with Gasteiger partial charge in [0.15, 0.2) is 12.6 Å². The van der Waals surface area contributed by atoms with Crippen molar-refractivity contribution < 1.29 is 63.7 Å². The van der Waals surface area contributed by atoms with Crippen LogP contribution < -0.4 is 0 Å². The molecule has 404 valence electrons. The van der Waals surface area contributed by atoms with Crippen LogP contribution in [0, 0.1) is 27.9 Å². The number of rotatable bonds is 15. The van der Waals surface area contributed by atoms with Gasteiger partial charge in [0.25, 0.3) is 5.69 Å². The molecule has 0 spiro atoms. The summed E-state index contributed by atoms with van der Waals surface area (Å²) in [5.41, 5.74) is -2.81. The lowest BCUT2D eigenvalue weighted by molar-refractivity contribution is -0.384. The fourth-order valence-electron chi connectivity index (χ4n) is 11.2. The molecule has 0 radical (unpaired) electrons. The summed E-state index contributed by atoms with van der Waals surface area (Å²) < 4.78 is 40.1. The van der Waals surface area contributed by atoms with Crippen LogP contribution in [0.5, 0.6) is 0 Å². The van der Waals surface area contributed by atoms with Gasteiger partial charge in [-0.05, 0) is 106 Å². The summed E-state index contributed by atoms with van der Waals surface area (Å²) in [6, 6.07) is 5.50.